The van der Waals surface area contributed by atoms with Crippen molar-refractivity contribution in [3.05, 3.63) is 42.1 Å². The van der Waals surface area contributed by atoms with Crippen LogP contribution in [0.25, 0.3) is 0 Å². The summed E-state index contributed by atoms with van der Waals surface area (Å²) in [6, 6.07) is 6.70. The van der Waals surface area contributed by atoms with Gasteiger partial charge in [0.2, 0.25) is 5.75 Å². The summed E-state index contributed by atoms with van der Waals surface area (Å²) in [4.78, 5) is 12.7. The van der Waals surface area contributed by atoms with Gasteiger partial charge < -0.3 is 33.7 Å². The Kier molecular flexibility index (Phi) is 7.59. The topological polar surface area (TPSA) is 84.5 Å². The Labute approximate surface area is 169 Å². The largest absolute Gasteiger partial charge is 0.496 e. The molecule has 2 aromatic carbocycles. The van der Waals surface area contributed by atoms with E-state index in [1.807, 2.05) is 0 Å². The highest BCUT2D eigenvalue weighted by Crippen LogP contribution is 2.40. The molecule has 0 aliphatic carbocycles. The number of rotatable bonds is 10. The lowest BCUT2D eigenvalue weighted by Gasteiger charge is -2.14. The van der Waals surface area contributed by atoms with Gasteiger partial charge in [0.1, 0.15) is 22.8 Å². The third-order valence-electron chi connectivity index (χ3n) is 4.11. The van der Waals surface area contributed by atoms with Gasteiger partial charge in [0.05, 0.1) is 42.7 Å². The van der Waals surface area contributed by atoms with Gasteiger partial charge in [-0.3, -0.25) is 4.79 Å². The fourth-order valence-electron chi connectivity index (χ4n) is 2.71. The number of ketones is 1. The molecule has 156 valence electrons. The van der Waals surface area contributed by atoms with Crippen molar-refractivity contribution in [3.8, 4) is 34.5 Å². The fraction of sp³-hybridized carbons (Fsp3) is 0.286. The SMILES string of the molecule is COc1cc(OC)c(C(=O)/C=C\Nc2cc(OC)c(OC)c(OC)c2)c(OC)c1. The van der Waals surface area contributed by atoms with Crippen molar-refractivity contribution >= 4 is 11.5 Å². The molecule has 0 unspecified atom stereocenters. The van der Waals surface area contributed by atoms with Crippen LogP contribution in [0.3, 0.4) is 0 Å². The lowest BCUT2D eigenvalue weighted by molar-refractivity contribution is 0.104. The monoisotopic (exact) mass is 403 g/mol. The number of benzene rings is 2. The van der Waals surface area contributed by atoms with Crippen LogP contribution >= 0.6 is 0 Å². The second-order valence-corrected chi connectivity index (χ2v) is 5.66. The first-order valence-electron chi connectivity index (χ1n) is 8.60. The molecule has 1 N–H and O–H groups in total. The van der Waals surface area contributed by atoms with Gasteiger partial charge in [0.15, 0.2) is 17.3 Å². The first-order valence-corrected chi connectivity index (χ1v) is 8.60. The lowest BCUT2D eigenvalue weighted by atomic mass is 10.1. The third kappa shape index (κ3) is 4.84. The molecule has 0 aliphatic rings. The van der Waals surface area contributed by atoms with E-state index in [2.05, 4.69) is 5.32 Å². The number of ether oxygens (including phenoxy) is 6. The molecule has 0 atom stereocenters. The molecule has 8 nitrogen and oxygen atoms in total. The minimum Gasteiger partial charge on any atom is -0.496 e. The van der Waals surface area contributed by atoms with Crippen molar-refractivity contribution in [2.24, 2.45) is 0 Å². The molecule has 8 heteroatoms. The Morgan fingerprint density at radius 3 is 1.66 bits per heavy atom. The molecule has 2 rings (SSSR count). The van der Waals surface area contributed by atoms with Crippen LogP contribution in [0.4, 0.5) is 5.69 Å². The quantitative estimate of drug-likeness (QED) is 0.476. The maximum Gasteiger partial charge on any atom is 0.203 e. The molecule has 0 radical (unpaired) electrons. The van der Waals surface area contributed by atoms with E-state index in [0.717, 1.165) is 0 Å². The zero-order valence-electron chi connectivity index (χ0n) is 17.3. The van der Waals surface area contributed by atoms with Crippen LogP contribution in [0, 0.1) is 0 Å². The van der Waals surface area contributed by atoms with E-state index in [1.54, 1.807) is 24.3 Å². The maximum absolute atomic E-state index is 12.7. The lowest BCUT2D eigenvalue weighted by Crippen LogP contribution is -2.04. The second-order valence-electron chi connectivity index (χ2n) is 5.66. The van der Waals surface area contributed by atoms with Gasteiger partial charge in [-0.1, -0.05) is 0 Å². The van der Waals surface area contributed by atoms with Gasteiger partial charge >= 0.3 is 0 Å². The van der Waals surface area contributed by atoms with E-state index < -0.39 is 0 Å². The molecular formula is C21H25NO7. The van der Waals surface area contributed by atoms with Gasteiger partial charge in [0, 0.05) is 42.2 Å². The average molecular weight is 403 g/mol. The smallest absolute Gasteiger partial charge is 0.203 e. The van der Waals surface area contributed by atoms with E-state index in [0.29, 0.717) is 45.7 Å². The summed E-state index contributed by atoms with van der Waals surface area (Å²) in [5, 5.41) is 3.02. The summed E-state index contributed by atoms with van der Waals surface area (Å²) in [7, 11) is 9.07. The molecule has 2 aromatic rings. The molecule has 29 heavy (non-hydrogen) atoms. The van der Waals surface area contributed by atoms with Crippen molar-refractivity contribution in [2.45, 2.75) is 0 Å². The van der Waals surface area contributed by atoms with Gasteiger partial charge in [-0.15, -0.1) is 0 Å². The molecule has 0 saturated heterocycles. The molecular weight excluding hydrogens is 378 g/mol. The standard InChI is InChI=1S/C21H25NO7/c1-24-14-11-16(25-2)20(17(12-14)26-3)15(23)7-8-22-13-9-18(27-4)21(29-6)19(10-13)28-5/h7-12,22H,1-6H3/b8-7-. The number of nitrogens with one attached hydrogen (secondary N) is 1. The van der Waals surface area contributed by atoms with Crippen molar-refractivity contribution in [3.63, 3.8) is 0 Å². The fourth-order valence-corrected chi connectivity index (χ4v) is 2.71. The maximum atomic E-state index is 12.7. The van der Waals surface area contributed by atoms with Gasteiger partial charge in [0.25, 0.3) is 0 Å². The van der Waals surface area contributed by atoms with E-state index in [9.17, 15) is 4.79 Å². The van der Waals surface area contributed by atoms with E-state index in [-0.39, 0.29) is 5.78 Å². The summed E-state index contributed by atoms with van der Waals surface area (Å²) >= 11 is 0. The highest BCUT2D eigenvalue weighted by atomic mass is 16.5. The van der Waals surface area contributed by atoms with Crippen LogP contribution in [0.15, 0.2) is 36.5 Å². The highest BCUT2D eigenvalue weighted by Gasteiger charge is 2.18. The van der Waals surface area contributed by atoms with Crippen LogP contribution in [0.5, 0.6) is 34.5 Å². The zero-order valence-corrected chi connectivity index (χ0v) is 17.3. The van der Waals surface area contributed by atoms with Gasteiger partial charge in [-0.2, -0.15) is 0 Å². The summed E-state index contributed by atoms with van der Waals surface area (Å²) in [6.45, 7) is 0. The average Bonchev–Trinajstić information content (AvgIpc) is 2.76. The van der Waals surface area contributed by atoms with Crippen LogP contribution in [0.1, 0.15) is 10.4 Å². The van der Waals surface area contributed by atoms with E-state index in [4.69, 9.17) is 28.4 Å². The predicted molar refractivity (Wildman–Crippen MR) is 109 cm³/mol. The Balaban J connectivity index is 2.29. The van der Waals surface area contributed by atoms with Gasteiger partial charge in [-0.25, -0.2) is 0 Å². The first kappa shape index (κ1) is 21.7. The van der Waals surface area contributed by atoms with Crippen molar-refractivity contribution in [1.29, 1.82) is 0 Å². The normalized spacial score (nSPS) is 10.4. The number of anilines is 1. The van der Waals surface area contributed by atoms with Crippen molar-refractivity contribution in [2.75, 3.05) is 48.0 Å². The first-order chi connectivity index (χ1) is 14.0. The molecule has 0 heterocycles. The summed E-state index contributed by atoms with van der Waals surface area (Å²) in [5.41, 5.74) is 0.941. The Bertz CT molecular complexity index is 843. The summed E-state index contributed by atoms with van der Waals surface area (Å²) < 4.78 is 31.8. The molecule has 0 bridgehead atoms. The Morgan fingerprint density at radius 2 is 1.24 bits per heavy atom. The molecule has 0 aromatic heterocycles. The Morgan fingerprint density at radius 1 is 0.724 bits per heavy atom. The van der Waals surface area contributed by atoms with E-state index in [1.165, 1.54) is 54.9 Å². The van der Waals surface area contributed by atoms with E-state index >= 15 is 0 Å². The number of methoxy groups -OCH3 is 6. The minimum atomic E-state index is -0.304. The van der Waals surface area contributed by atoms with Crippen LogP contribution in [0.2, 0.25) is 0 Å². The highest BCUT2D eigenvalue weighted by molar-refractivity contribution is 6.09. The molecule has 0 saturated carbocycles. The van der Waals surface area contributed by atoms with Crippen LogP contribution in [-0.2, 0) is 0 Å². The summed E-state index contributed by atoms with van der Waals surface area (Å²) in [6.07, 6.45) is 2.88. The number of carbonyl (C=O) groups excluding carboxylic acids is 1. The molecule has 0 fully saturated rings. The van der Waals surface area contributed by atoms with Gasteiger partial charge in [-0.05, 0) is 0 Å². The summed E-state index contributed by atoms with van der Waals surface area (Å²) in [5.74, 6) is 2.39. The third-order valence-corrected chi connectivity index (χ3v) is 4.11. The molecule has 0 amide bonds. The zero-order chi connectivity index (χ0) is 21.4. The van der Waals surface area contributed by atoms with Crippen LogP contribution < -0.4 is 33.7 Å². The number of hydrogen-bond acceptors (Lipinski definition) is 8. The number of carbonyl (C=O) groups is 1. The van der Waals surface area contributed by atoms with Crippen LogP contribution in [-0.4, -0.2) is 48.4 Å². The molecule has 0 spiro atoms. The number of allylic oxidation sites excluding steroid dienone is 1. The van der Waals surface area contributed by atoms with Crippen molar-refractivity contribution < 1.29 is 33.2 Å². The molecule has 0 aliphatic heterocycles. The minimum absolute atomic E-state index is 0.291. The van der Waals surface area contributed by atoms with Crippen molar-refractivity contribution in [1.82, 2.24) is 0 Å². The predicted octanol–water partition coefficient (Wildman–Crippen LogP) is 3.55. The second kappa shape index (κ2) is 10.1. The number of hydrogen-bond donors (Lipinski definition) is 1. The Hall–Kier alpha value is -3.55.